The van der Waals surface area contributed by atoms with Gasteiger partial charge in [0, 0.05) is 20.9 Å². The Morgan fingerprint density at radius 2 is 1.35 bits per heavy atom. The van der Waals surface area contributed by atoms with Gasteiger partial charge in [-0.05, 0) is 83.3 Å². The highest BCUT2D eigenvalue weighted by molar-refractivity contribution is 14.1. The molecule has 1 heterocycles. The van der Waals surface area contributed by atoms with Crippen LogP contribution in [-0.2, 0) is 16.7 Å². The lowest BCUT2D eigenvalue weighted by Gasteiger charge is -2.31. The molecular formula is C30H13F13IN3O4. The minimum atomic E-state index is -6.79. The van der Waals surface area contributed by atoms with Crippen LogP contribution in [0.1, 0.15) is 42.2 Å². The molecule has 0 saturated heterocycles. The van der Waals surface area contributed by atoms with E-state index in [-0.39, 0.29) is 11.1 Å². The van der Waals surface area contributed by atoms with Gasteiger partial charge in [-0.2, -0.15) is 43.9 Å². The number of hydroxylamine groups is 1. The smallest absolute Gasteiger partial charge is 0.327 e. The van der Waals surface area contributed by atoms with Crippen LogP contribution in [0.5, 0.6) is 0 Å². The predicted octanol–water partition coefficient (Wildman–Crippen LogP) is 9.08. The number of nitrogens with one attached hydrogen (secondary N) is 1. The van der Waals surface area contributed by atoms with Gasteiger partial charge in [0.1, 0.15) is 11.5 Å². The Labute approximate surface area is 289 Å². The zero-order chi connectivity index (χ0) is 38.3. The molecule has 0 fully saturated rings. The largest absolute Gasteiger partial charge is 0.435 e. The van der Waals surface area contributed by atoms with Gasteiger partial charge in [0.15, 0.2) is 5.82 Å². The zero-order valence-corrected chi connectivity index (χ0v) is 26.4. The van der Waals surface area contributed by atoms with E-state index < -0.39 is 108 Å². The normalized spacial score (nSPS) is 12.4. The quantitative estimate of drug-likeness (QED) is 0.0906. The van der Waals surface area contributed by atoms with E-state index in [1.54, 1.807) is 0 Å². The van der Waals surface area contributed by atoms with Crippen molar-refractivity contribution in [3.63, 3.8) is 0 Å². The standard InChI is InChI=1S/C30H13F13IN3O4/c31-16-7-4-13(5-8-16)25(49)47(51-26(50)14-6-9-21(32)45-12-14)20-3-1-2-17(22(20)33)24(48)46-23-18(28(35,36)37)10-15(11-19(23)44)27(34,29(38,39)40)30(41,42)43/h1-12H,(H,46,48). The van der Waals surface area contributed by atoms with Crippen molar-refractivity contribution >= 4 is 51.7 Å². The van der Waals surface area contributed by atoms with E-state index in [9.17, 15) is 67.1 Å². The number of benzene rings is 3. The molecule has 2 amide bonds. The fourth-order valence-electron chi connectivity index (χ4n) is 4.22. The van der Waals surface area contributed by atoms with Gasteiger partial charge in [-0.3, -0.25) is 9.59 Å². The van der Waals surface area contributed by atoms with Crippen molar-refractivity contribution in [2.45, 2.75) is 24.2 Å². The lowest BCUT2D eigenvalue weighted by atomic mass is 9.92. The summed E-state index contributed by atoms with van der Waals surface area (Å²) >= 11 is 0.789. The molecule has 270 valence electrons. The number of amides is 2. The number of hydrogen-bond acceptors (Lipinski definition) is 5. The van der Waals surface area contributed by atoms with Crippen molar-refractivity contribution in [2.24, 2.45) is 0 Å². The third kappa shape index (κ3) is 7.86. The van der Waals surface area contributed by atoms with Gasteiger partial charge in [-0.25, -0.2) is 22.9 Å². The Morgan fingerprint density at radius 3 is 1.88 bits per heavy atom. The summed E-state index contributed by atoms with van der Waals surface area (Å²) in [5, 5.41) is 1.46. The third-order valence-corrected chi connectivity index (χ3v) is 7.52. The van der Waals surface area contributed by atoms with E-state index in [0.29, 0.717) is 18.3 Å². The van der Waals surface area contributed by atoms with Crippen LogP contribution in [0.25, 0.3) is 0 Å². The lowest BCUT2D eigenvalue weighted by Crippen LogP contribution is -2.50. The van der Waals surface area contributed by atoms with Gasteiger partial charge >= 0.3 is 30.2 Å². The molecule has 1 N–H and O–H groups in total. The third-order valence-electron chi connectivity index (χ3n) is 6.67. The zero-order valence-electron chi connectivity index (χ0n) is 24.2. The first-order chi connectivity index (χ1) is 23.5. The summed E-state index contributed by atoms with van der Waals surface area (Å²) < 4.78 is 178. The molecule has 1 aromatic heterocycles. The van der Waals surface area contributed by atoms with E-state index in [2.05, 4.69) is 4.98 Å². The molecule has 51 heavy (non-hydrogen) atoms. The summed E-state index contributed by atoms with van der Waals surface area (Å²) in [6.07, 6.45) is -18.8. The average Bonchev–Trinajstić information content (AvgIpc) is 3.03. The van der Waals surface area contributed by atoms with Crippen LogP contribution in [0.2, 0.25) is 0 Å². The van der Waals surface area contributed by atoms with Crippen molar-refractivity contribution in [1.29, 1.82) is 0 Å². The van der Waals surface area contributed by atoms with Crippen molar-refractivity contribution < 1.29 is 76.3 Å². The van der Waals surface area contributed by atoms with E-state index in [1.165, 1.54) is 5.32 Å². The minimum absolute atomic E-state index is 0.0557. The lowest BCUT2D eigenvalue weighted by molar-refractivity contribution is -0.348. The SMILES string of the molecule is O=C(ON(C(=O)c1ccc(F)cc1)c1cccc(C(=O)Nc2c(I)cc(C(F)(C(F)(F)F)C(F)(F)F)cc2C(F)(F)F)c1F)c1ccc(F)nc1. The summed E-state index contributed by atoms with van der Waals surface area (Å²) in [7, 11) is 0. The van der Waals surface area contributed by atoms with Gasteiger partial charge in [0.2, 0.25) is 5.95 Å². The summed E-state index contributed by atoms with van der Waals surface area (Å²) in [4.78, 5) is 47.4. The summed E-state index contributed by atoms with van der Waals surface area (Å²) in [6, 6.07) is 5.88. The first-order valence-electron chi connectivity index (χ1n) is 13.2. The van der Waals surface area contributed by atoms with Crippen LogP contribution in [0.3, 0.4) is 0 Å². The van der Waals surface area contributed by atoms with E-state index in [1.807, 2.05) is 0 Å². The second-order valence-corrected chi connectivity index (χ2v) is 11.1. The molecule has 4 rings (SSSR count). The molecule has 0 bridgehead atoms. The second-order valence-electron chi connectivity index (χ2n) is 9.98. The topological polar surface area (TPSA) is 88.6 Å². The maximum atomic E-state index is 15.9. The summed E-state index contributed by atoms with van der Waals surface area (Å²) in [5.41, 5.74) is -16.0. The molecule has 0 unspecified atom stereocenters. The van der Waals surface area contributed by atoms with Crippen LogP contribution < -0.4 is 10.4 Å². The van der Waals surface area contributed by atoms with E-state index >= 15 is 4.39 Å². The molecular weight excluding hydrogens is 840 g/mol. The fourth-order valence-corrected chi connectivity index (χ4v) is 4.98. The molecule has 0 aliphatic rings. The number of hydrogen-bond donors (Lipinski definition) is 1. The molecule has 4 aromatic rings. The predicted molar refractivity (Wildman–Crippen MR) is 156 cm³/mol. The van der Waals surface area contributed by atoms with Crippen molar-refractivity contribution in [1.82, 2.24) is 4.98 Å². The Hall–Kier alpha value is -4.96. The van der Waals surface area contributed by atoms with Crippen molar-refractivity contribution in [3.05, 3.63) is 122 Å². The number of halogens is 14. The maximum Gasteiger partial charge on any atom is 0.435 e. The minimum Gasteiger partial charge on any atom is -0.327 e. The molecule has 0 spiro atoms. The molecule has 0 aliphatic carbocycles. The van der Waals surface area contributed by atoms with Crippen LogP contribution in [0, 0.1) is 21.2 Å². The molecule has 0 aliphatic heterocycles. The van der Waals surface area contributed by atoms with Crippen LogP contribution in [-0.4, -0.2) is 35.1 Å². The number of rotatable bonds is 6. The summed E-state index contributed by atoms with van der Waals surface area (Å²) in [5.74, 6) is -8.40. The van der Waals surface area contributed by atoms with Gasteiger partial charge in [-0.1, -0.05) is 6.07 Å². The maximum absolute atomic E-state index is 15.9. The highest BCUT2D eigenvalue weighted by Gasteiger charge is 2.73. The number of carbonyl (C=O) groups is 3. The van der Waals surface area contributed by atoms with Crippen LogP contribution in [0.4, 0.5) is 68.5 Å². The number of aromatic nitrogens is 1. The van der Waals surface area contributed by atoms with E-state index in [0.717, 1.165) is 65.1 Å². The van der Waals surface area contributed by atoms with Gasteiger partial charge < -0.3 is 10.2 Å². The highest BCUT2D eigenvalue weighted by Crippen LogP contribution is 2.54. The number of alkyl halides is 10. The first kappa shape index (κ1) is 38.8. The van der Waals surface area contributed by atoms with Gasteiger partial charge in [-0.15, -0.1) is 5.06 Å². The van der Waals surface area contributed by atoms with E-state index in [4.69, 9.17) is 4.84 Å². The average molecular weight is 853 g/mol. The van der Waals surface area contributed by atoms with Gasteiger partial charge in [0.05, 0.1) is 22.4 Å². The molecule has 0 saturated carbocycles. The van der Waals surface area contributed by atoms with Crippen LogP contribution >= 0.6 is 22.6 Å². The highest BCUT2D eigenvalue weighted by atomic mass is 127. The second kappa shape index (κ2) is 14.0. The number of pyridine rings is 1. The summed E-state index contributed by atoms with van der Waals surface area (Å²) in [6.45, 7) is 0. The van der Waals surface area contributed by atoms with Gasteiger partial charge in [0.25, 0.3) is 11.8 Å². The molecule has 21 heteroatoms. The molecule has 7 nitrogen and oxygen atoms in total. The molecule has 0 atom stereocenters. The number of nitrogens with zero attached hydrogens (tertiary/aromatic N) is 2. The molecule has 0 radical (unpaired) electrons. The van der Waals surface area contributed by atoms with Crippen molar-refractivity contribution in [2.75, 3.05) is 10.4 Å². The Balaban J connectivity index is 1.80. The number of carbonyl (C=O) groups excluding carboxylic acids is 3. The van der Waals surface area contributed by atoms with Crippen LogP contribution in [0.15, 0.2) is 72.9 Å². The Bertz CT molecular complexity index is 1970. The Morgan fingerprint density at radius 1 is 0.765 bits per heavy atom. The first-order valence-corrected chi connectivity index (χ1v) is 14.3. The molecule has 3 aromatic carbocycles. The van der Waals surface area contributed by atoms with Crippen molar-refractivity contribution in [3.8, 4) is 0 Å². The fraction of sp³-hybridized carbons (Fsp3) is 0.133. The Kier molecular flexibility index (Phi) is 10.6. The number of anilines is 2. The monoisotopic (exact) mass is 853 g/mol.